The molecule has 0 aliphatic rings. The van der Waals surface area contributed by atoms with Gasteiger partial charge in [-0.25, -0.2) is 13.5 Å². The molecule has 0 atom stereocenters. The summed E-state index contributed by atoms with van der Waals surface area (Å²) in [5, 5.41) is 7.80. The number of carbonyl (C=O) groups excluding carboxylic acids is 1. The number of rotatable bonds is 3. The molecule has 1 heterocycles. The van der Waals surface area contributed by atoms with Crippen molar-refractivity contribution in [3.05, 3.63) is 71.1 Å². The Hall–Kier alpha value is -3.51. The van der Waals surface area contributed by atoms with E-state index in [1.165, 1.54) is 12.1 Å². The summed E-state index contributed by atoms with van der Waals surface area (Å²) in [6.07, 6.45) is -10.1. The molecule has 0 saturated heterocycles. The van der Waals surface area contributed by atoms with E-state index in [2.05, 4.69) is 10.3 Å². The molecule has 158 valence electrons. The number of amides is 1. The van der Waals surface area contributed by atoms with Crippen molar-refractivity contribution in [3.63, 3.8) is 0 Å². The molecule has 0 saturated carbocycles. The number of aromatic nitrogens is 3. The number of benzene rings is 2. The topological polar surface area (TPSA) is 59.8 Å². The minimum absolute atomic E-state index is 0.0206. The summed E-state index contributed by atoms with van der Waals surface area (Å²) in [6, 6.07) is 5.18. The quantitative estimate of drug-likeness (QED) is 0.599. The lowest BCUT2D eigenvalue weighted by molar-refractivity contribution is -0.143. The number of alkyl halides is 6. The Morgan fingerprint density at radius 1 is 0.900 bits per heavy atom. The van der Waals surface area contributed by atoms with Gasteiger partial charge in [-0.1, -0.05) is 17.3 Å². The van der Waals surface area contributed by atoms with Gasteiger partial charge in [0.1, 0.15) is 17.3 Å². The molecule has 0 aliphatic carbocycles. The lowest BCUT2D eigenvalue weighted by Gasteiger charge is -2.13. The standard InChI is InChI=1S/C17H8F8N4O/c18-9-6-5-8(16(20,21)22)7-11(9)26-15(30)13-14(17(23,24)25)29(28-27-13)12-4-2-1-3-10(12)19/h1-7H,(H,26,30). The lowest BCUT2D eigenvalue weighted by Crippen LogP contribution is -2.22. The van der Waals surface area contributed by atoms with Gasteiger partial charge in [-0.2, -0.15) is 26.3 Å². The fourth-order valence-corrected chi connectivity index (χ4v) is 2.46. The van der Waals surface area contributed by atoms with Crippen molar-refractivity contribution in [2.24, 2.45) is 0 Å². The zero-order valence-corrected chi connectivity index (χ0v) is 14.3. The van der Waals surface area contributed by atoms with Crippen LogP contribution in [-0.4, -0.2) is 20.9 Å². The maximum Gasteiger partial charge on any atom is 0.435 e. The predicted molar refractivity (Wildman–Crippen MR) is 85.7 cm³/mol. The van der Waals surface area contributed by atoms with E-state index in [1.54, 1.807) is 5.32 Å². The molecule has 0 fully saturated rings. The van der Waals surface area contributed by atoms with Crippen LogP contribution in [0, 0.1) is 11.6 Å². The largest absolute Gasteiger partial charge is 0.435 e. The number of nitrogens with one attached hydrogen (secondary N) is 1. The minimum Gasteiger partial charge on any atom is -0.318 e. The van der Waals surface area contributed by atoms with E-state index in [0.29, 0.717) is 12.1 Å². The Balaban J connectivity index is 2.05. The van der Waals surface area contributed by atoms with Crippen molar-refractivity contribution in [3.8, 4) is 5.69 Å². The molecule has 13 heteroatoms. The van der Waals surface area contributed by atoms with Crippen LogP contribution in [0.4, 0.5) is 40.8 Å². The van der Waals surface area contributed by atoms with Crippen molar-refractivity contribution in [1.82, 2.24) is 15.0 Å². The van der Waals surface area contributed by atoms with Crippen LogP contribution < -0.4 is 5.32 Å². The van der Waals surface area contributed by atoms with Gasteiger partial charge in [0, 0.05) is 0 Å². The smallest absolute Gasteiger partial charge is 0.318 e. The number of carbonyl (C=O) groups is 1. The van der Waals surface area contributed by atoms with Crippen LogP contribution in [0.5, 0.6) is 0 Å². The van der Waals surface area contributed by atoms with Crippen molar-refractivity contribution >= 4 is 11.6 Å². The van der Waals surface area contributed by atoms with Gasteiger partial charge in [-0.15, -0.1) is 5.10 Å². The van der Waals surface area contributed by atoms with E-state index in [9.17, 15) is 39.9 Å². The number of hydrogen-bond acceptors (Lipinski definition) is 3. The van der Waals surface area contributed by atoms with Gasteiger partial charge < -0.3 is 5.32 Å². The molecule has 0 bridgehead atoms. The number of para-hydroxylation sites is 1. The zero-order chi connectivity index (χ0) is 22.3. The third kappa shape index (κ3) is 4.09. The van der Waals surface area contributed by atoms with Crippen molar-refractivity contribution in [1.29, 1.82) is 0 Å². The number of anilines is 1. The molecule has 0 unspecified atom stereocenters. The van der Waals surface area contributed by atoms with Crippen molar-refractivity contribution in [2.45, 2.75) is 12.4 Å². The molecule has 5 nitrogen and oxygen atoms in total. The monoisotopic (exact) mass is 436 g/mol. The maximum atomic E-state index is 13.9. The van der Waals surface area contributed by atoms with Crippen LogP contribution >= 0.6 is 0 Å². The van der Waals surface area contributed by atoms with Crippen molar-refractivity contribution < 1.29 is 39.9 Å². The summed E-state index contributed by atoms with van der Waals surface area (Å²) in [5.74, 6) is -4.13. The SMILES string of the molecule is O=C(Nc1cc(C(F)(F)F)ccc1F)c1nnn(-c2ccccc2F)c1C(F)(F)F. The Morgan fingerprint density at radius 2 is 1.57 bits per heavy atom. The highest BCUT2D eigenvalue weighted by Gasteiger charge is 2.42. The summed E-state index contributed by atoms with van der Waals surface area (Å²) in [4.78, 5) is 12.3. The summed E-state index contributed by atoms with van der Waals surface area (Å²) in [6.45, 7) is 0. The van der Waals surface area contributed by atoms with E-state index in [1.807, 2.05) is 0 Å². The first-order valence-corrected chi connectivity index (χ1v) is 7.85. The Kier molecular flexibility index (Phi) is 5.22. The van der Waals surface area contributed by atoms with Gasteiger partial charge in [0.25, 0.3) is 5.91 Å². The molecule has 1 amide bonds. The van der Waals surface area contributed by atoms with Gasteiger partial charge in [0.05, 0.1) is 11.3 Å². The second kappa shape index (κ2) is 7.39. The van der Waals surface area contributed by atoms with Crippen LogP contribution in [-0.2, 0) is 12.4 Å². The van der Waals surface area contributed by atoms with E-state index >= 15 is 0 Å². The average Bonchev–Trinajstić information content (AvgIpc) is 3.08. The Labute approximate surface area is 161 Å². The van der Waals surface area contributed by atoms with E-state index in [0.717, 1.165) is 12.1 Å². The molecule has 2 aromatic carbocycles. The summed E-state index contributed by atoms with van der Waals surface area (Å²) in [5.41, 5.74) is -6.23. The van der Waals surface area contributed by atoms with E-state index in [-0.39, 0.29) is 10.7 Å². The molecule has 1 N–H and O–H groups in total. The van der Waals surface area contributed by atoms with Crippen molar-refractivity contribution in [2.75, 3.05) is 5.32 Å². The van der Waals surface area contributed by atoms with Gasteiger partial charge in [-0.3, -0.25) is 4.79 Å². The molecular weight excluding hydrogens is 428 g/mol. The highest BCUT2D eigenvalue weighted by Crippen LogP contribution is 2.35. The summed E-state index contributed by atoms with van der Waals surface area (Å²) >= 11 is 0. The molecule has 0 radical (unpaired) electrons. The Bertz CT molecular complexity index is 1100. The Morgan fingerprint density at radius 3 is 2.17 bits per heavy atom. The van der Waals surface area contributed by atoms with Crippen LogP contribution in [0.3, 0.4) is 0 Å². The highest BCUT2D eigenvalue weighted by atomic mass is 19.4. The van der Waals surface area contributed by atoms with Crippen LogP contribution in [0.25, 0.3) is 5.69 Å². The molecule has 3 rings (SSSR count). The van der Waals surface area contributed by atoms with E-state index < -0.39 is 58.2 Å². The number of nitrogens with zero attached hydrogens (tertiary/aromatic N) is 3. The first kappa shape index (κ1) is 21.2. The maximum absolute atomic E-state index is 13.9. The van der Waals surface area contributed by atoms with Gasteiger partial charge in [0.15, 0.2) is 11.4 Å². The number of halogens is 8. The fourth-order valence-electron chi connectivity index (χ4n) is 2.46. The van der Waals surface area contributed by atoms with Crippen LogP contribution in [0.1, 0.15) is 21.7 Å². The third-order valence-corrected chi connectivity index (χ3v) is 3.78. The molecule has 0 spiro atoms. The van der Waals surface area contributed by atoms with Gasteiger partial charge in [0.2, 0.25) is 0 Å². The molecule has 3 aromatic rings. The molecule has 30 heavy (non-hydrogen) atoms. The first-order chi connectivity index (χ1) is 13.9. The summed E-state index contributed by atoms with van der Waals surface area (Å²) < 4.78 is 107. The molecule has 0 aliphatic heterocycles. The van der Waals surface area contributed by atoms with Crippen LogP contribution in [0.2, 0.25) is 0 Å². The van der Waals surface area contributed by atoms with Gasteiger partial charge >= 0.3 is 12.4 Å². The summed E-state index contributed by atoms with van der Waals surface area (Å²) in [7, 11) is 0. The van der Waals surface area contributed by atoms with Crippen LogP contribution in [0.15, 0.2) is 42.5 Å². The second-order valence-corrected chi connectivity index (χ2v) is 5.79. The number of hydrogen-bond donors (Lipinski definition) is 1. The third-order valence-electron chi connectivity index (χ3n) is 3.78. The minimum atomic E-state index is -5.26. The van der Waals surface area contributed by atoms with E-state index in [4.69, 9.17) is 0 Å². The first-order valence-electron chi connectivity index (χ1n) is 7.85. The normalized spacial score (nSPS) is 12.1. The molecular formula is C17H8F8N4O. The zero-order valence-electron chi connectivity index (χ0n) is 14.3. The highest BCUT2D eigenvalue weighted by molar-refractivity contribution is 6.03. The molecule has 1 aromatic heterocycles. The second-order valence-electron chi connectivity index (χ2n) is 5.79. The predicted octanol–water partition coefficient (Wildman–Crippen LogP) is 4.84. The fraction of sp³-hybridized carbons (Fsp3) is 0.118. The lowest BCUT2D eigenvalue weighted by atomic mass is 10.1. The average molecular weight is 436 g/mol. The van der Waals surface area contributed by atoms with Gasteiger partial charge in [-0.05, 0) is 30.3 Å².